The van der Waals surface area contributed by atoms with Gasteiger partial charge in [-0.25, -0.2) is 4.39 Å². The fourth-order valence-corrected chi connectivity index (χ4v) is 5.05. The lowest BCUT2D eigenvalue weighted by Crippen LogP contribution is -2.48. The van der Waals surface area contributed by atoms with Crippen molar-refractivity contribution < 1.29 is 14.0 Å². The molecule has 32 heavy (non-hydrogen) atoms. The van der Waals surface area contributed by atoms with Gasteiger partial charge in [0.1, 0.15) is 5.82 Å². The third-order valence-corrected chi connectivity index (χ3v) is 6.88. The van der Waals surface area contributed by atoms with Crippen molar-refractivity contribution in [1.82, 2.24) is 9.88 Å². The number of anilines is 1. The maximum absolute atomic E-state index is 13.7. The molecular weight excluding hydrogens is 425 g/mol. The fraction of sp³-hybridized carbons (Fsp3) is 0.360. The van der Waals surface area contributed by atoms with Gasteiger partial charge in [0.05, 0.1) is 12.1 Å². The average molecular weight is 454 g/mol. The van der Waals surface area contributed by atoms with Gasteiger partial charge in [0.2, 0.25) is 11.8 Å². The van der Waals surface area contributed by atoms with Crippen LogP contribution >= 0.6 is 11.3 Å². The van der Waals surface area contributed by atoms with E-state index in [0.29, 0.717) is 11.4 Å². The van der Waals surface area contributed by atoms with Crippen molar-refractivity contribution in [2.75, 3.05) is 4.90 Å². The highest BCUT2D eigenvalue weighted by Crippen LogP contribution is 2.30. The topological polar surface area (TPSA) is 54.3 Å². The van der Waals surface area contributed by atoms with Gasteiger partial charge in [0, 0.05) is 29.9 Å². The maximum Gasteiger partial charge on any atom is 0.249 e. The predicted molar refractivity (Wildman–Crippen MR) is 125 cm³/mol. The second-order valence-corrected chi connectivity index (χ2v) is 9.32. The number of hydrogen-bond acceptors (Lipinski definition) is 3. The molecule has 0 unspecified atom stereocenters. The van der Waals surface area contributed by atoms with Crippen molar-refractivity contribution in [2.45, 2.75) is 50.6 Å². The summed E-state index contributed by atoms with van der Waals surface area (Å²) in [6.45, 7) is 0. The molecule has 1 N–H and O–H groups in total. The first-order valence-electron chi connectivity index (χ1n) is 11.0. The Morgan fingerprint density at radius 1 is 1.12 bits per heavy atom. The number of benzene rings is 1. The molecular formula is C25H28FN3O2S. The van der Waals surface area contributed by atoms with Crippen molar-refractivity contribution in [3.05, 3.63) is 76.5 Å². The Morgan fingerprint density at radius 2 is 1.88 bits per heavy atom. The summed E-state index contributed by atoms with van der Waals surface area (Å²) in [5, 5.41) is 5.12. The smallest absolute Gasteiger partial charge is 0.249 e. The van der Waals surface area contributed by atoms with E-state index in [-0.39, 0.29) is 30.1 Å². The van der Waals surface area contributed by atoms with Crippen molar-refractivity contribution >= 4 is 28.8 Å². The third-order valence-electron chi connectivity index (χ3n) is 6.00. The number of rotatable bonds is 7. The van der Waals surface area contributed by atoms with Crippen LogP contribution in [0.3, 0.4) is 0 Å². The first kappa shape index (κ1) is 22.3. The van der Waals surface area contributed by atoms with E-state index >= 15 is 0 Å². The molecule has 0 radical (unpaired) electrons. The molecule has 2 amide bonds. The van der Waals surface area contributed by atoms with Crippen molar-refractivity contribution in [2.24, 2.45) is 7.05 Å². The first-order chi connectivity index (χ1) is 15.5. The van der Waals surface area contributed by atoms with E-state index in [0.717, 1.165) is 30.6 Å². The zero-order valence-corrected chi connectivity index (χ0v) is 19.0. The van der Waals surface area contributed by atoms with Gasteiger partial charge in [0.15, 0.2) is 6.04 Å². The van der Waals surface area contributed by atoms with Crippen LogP contribution in [0.25, 0.3) is 0 Å². The Balaban J connectivity index is 1.72. The standard InChI is InChI=1S/C25H28FN3O2S/c1-28-15-5-10-22(28)24(25(31)27-19-7-3-2-4-8-19)29(20-13-11-18(26)12-14-20)23(30)17-21-9-6-16-32-21/h5-6,9-16,19,24H,2-4,7-8,17H2,1H3,(H,27,31)/t24-/m0/s1. The number of aryl methyl sites for hydroxylation is 1. The summed E-state index contributed by atoms with van der Waals surface area (Å²) in [6.07, 6.45) is 7.32. The summed E-state index contributed by atoms with van der Waals surface area (Å²) in [7, 11) is 1.86. The third kappa shape index (κ3) is 5.10. The second kappa shape index (κ2) is 10.1. The number of aromatic nitrogens is 1. The summed E-state index contributed by atoms with van der Waals surface area (Å²) in [5.74, 6) is -0.798. The van der Waals surface area contributed by atoms with Crippen LogP contribution < -0.4 is 10.2 Å². The number of nitrogens with one attached hydrogen (secondary N) is 1. The number of carbonyl (C=O) groups is 2. The Hall–Kier alpha value is -2.93. The maximum atomic E-state index is 13.7. The highest BCUT2D eigenvalue weighted by molar-refractivity contribution is 7.10. The highest BCUT2D eigenvalue weighted by atomic mass is 32.1. The molecule has 0 aliphatic heterocycles. The molecule has 5 nitrogen and oxygen atoms in total. The van der Waals surface area contributed by atoms with E-state index in [9.17, 15) is 14.0 Å². The summed E-state index contributed by atoms with van der Waals surface area (Å²) >= 11 is 1.50. The van der Waals surface area contributed by atoms with E-state index in [1.807, 2.05) is 47.5 Å². The largest absolute Gasteiger partial charge is 0.352 e. The van der Waals surface area contributed by atoms with E-state index in [1.54, 1.807) is 12.1 Å². The zero-order valence-electron chi connectivity index (χ0n) is 18.2. The van der Waals surface area contributed by atoms with Gasteiger partial charge in [-0.1, -0.05) is 25.3 Å². The summed E-state index contributed by atoms with van der Waals surface area (Å²) in [5.41, 5.74) is 1.21. The molecule has 2 aromatic heterocycles. The molecule has 1 aromatic carbocycles. The highest BCUT2D eigenvalue weighted by Gasteiger charge is 2.35. The van der Waals surface area contributed by atoms with Gasteiger partial charge in [-0.2, -0.15) is 0 Å². The van der Waals surface area contributed by atoms with Crippen LogP contribution in [-0.4, -0.2) is 22.4 Å². The van der Waals surface area contributed by atoms with Crippen LogP contribution in [0, 0.1) is 5.82 Å². The normalized spacial score (nSPS) is 15.3. The number of thiophene rings is 1. The van der Waals surface area contributed by atoms with Gasteiger partial charge < -0.3 is 9.88 Å². The van der Waals surface area contributed by atoms with Gasteiger partial charge in [0.25, 0.3) is 0 Å². The lowest BCUT2D eigenvalue weighted by atomic mass is 9.95. The average Bonchev–Trinajstić information content (AvgIpc) is 3.45. The quantitative estimate of drug-likeness (QED) is 0.548. The summed E-state index contributed by atoms with van der Waals surface area (Å²) in [6, 6.07) is 12.6. The molecule has 0 bridgehead atoms. The van der Waals surface area contributed by atoms with E-state index in [1.165, 1.54) is 34.8 Å². The Morgan fingerprint density at radius 3 is 2.50 bits per heavy atom. The van der Waals surface area contributed by atoms with Crippen molar-refractivity contribution in [3.8, 4) is 0 Å². The molecule has 4 rings (SSSR count). The van der Waals surface area contributed by atoms with Crippen LogP contribution in [-0.2, 0) is 23.1 Å². The van der Waals surface area contributed by atoms with Crippen LogP contribution in [0.5, 0.6) is 0 Å². The van der Waals surface area contributed by atoms with E-state index in [2.05, 4.69) is 5.32 Å². The molecule has 1 atom stereocenters. The summed E-state index contributed by atoms with van der Waals surface area (Å²) < 4.78 is 15.5. The van der Waals surface area contributed by atoms with E-state index in [4.69, 9.17) is 0 Å². The number of carbonyl (C=O) groups excluding carboxylic acids is 2. The Bertz CT molecular complexity index is 1040. The molecule has 1 fully saturated rings. The minimum absolute atomic E-state index is 0.112. The lowest BCUT2D eigenvalue weighted by molar-refractivity contribution is -0.127. The number of halogens is 1. The lowest BCUT2D eigenvalue weighted by Gasteiger charge is -2.33. The predicted octanol–water partition coefficient (Wildman–Crippen LogP) is 4.99. The Kier molecular flexibility index (Phi) is 7.05. The molecule has 1 aliphatic carbocycles. The van der Waals surface area contributed by atoms with Crippen LogP contribution in [0.4, 0.5) is 10.1 Å². The molecule has 3 aromatic rings. The zero-order chi connectivity index (χ0) is 22.5. The van der Waals surface area contributed by atoms with Gasteiger partial charge in [-0.3, -0.25) is 14.5 Å². The molecule has 1 aliphatic rings. The molecule has 7 heteroatoms. The fourth-order valence-electron chi connectivity index (χ4n) is 4.36. The monoisotopic (exact) mass is 453 g/mol. The van der Waals surface area contributed by atoms with Crippen molar-refractivity contribution in [3.63, 3.8) is 0 Å². The van der Waals surface area contributed by atoms with Gasteiger partial charge in [-0.15, -0.1) is 11.3 Å². The molecule has 2 heterocycles. The van der Waals surface area contributed by atoms with E-state index < -0.39 is 6.04 Å². The first-order valence-corrected chi connectivity index (χ1v) is 11.9. The summed E-state index contributed by atoms with van der Waals surface area (Å²) in [4.78, 5) is 29.7. The minimum Gasteiger partial charge on any atom is -0.352 e. The number of nitrogens with zero attached hydrogens (tertiary/aromatic N) is 2. The molecule has 1 saturated carbocycles. The Labute approximate surface area is 191 Å². The number of hydrogen-bond donors (Lipinski definition) is 1. The molecule has 168 valence electrons. The van der Waals surface area contributed by atoms with Gasteiger partial charge in [-0.05, 0) is 60.7 Å². The van der Waals surface area contributed by atoms with Crippen LogP contribution in [0.2, 0.25) is 0 Å². The molecule has 0 saturated heterocycles. The van der Waals surface area contributed by atoms with Crippen molar-refractivity contribution in [1.29, 1.82) is 0 Å². The second-order valence-electron chi connectivity index (χ2n) is 8.29. The molecule has 0 spiro atoms. The van der Waals surface area contributed by atoms with Crippen LogP contribution in [0.15, 0.2) is 60.1 Å². The number of amides is 2. The van der Waals surface area contributed by atoms with Crippen LogP contribution in [0.1, 0.15) is 48.7 Å². The van der Waals surface area contributed by atoms with Gasteiger partial charge >= 0.3 is 0 Å². The minimum atomic E-state index is -0.852. The SMILES string of the molecule is Cn1cccc1[C@@H](C(=O)NC1CCCCC1)N(C(=O)Cc1cccs1)c1ccc(F)cc1.